The van der Waals surface area contributed by atoms with E-state index in [1.54, 1.807) is 0 Å². The van der Waals surface area contributed by atoms with E-state index in [0.717, 1.165) is 0 Å². The molecule has 4 heterocycles. The Bertz CT molecular complexity index is 2710. The molecule has 0 radical (unpaired) electrons. The van der Waals surface area contributed by atoms with Crippen molar-refractivity contribution in [1.82, 2.24) is 0 Å². The smallest absolute Gasteiger partial charge is 0.135 e. The highest BCUT2D eigenvalue weighted by molar-refractivity contribution is 7.27. The lowest BCUT2D eigenvalue weighted by atomic mass is 9.36. The molecule has 0 unspecified atom stereocenters. The van der Waals surface area contributed by atoms with Crippen molar-refractivity contribution in [3.05, 3.63) is 186 Å². The summed E-state index contributed by atoms with van der Waals surface area (Å²) in [5.41, 5.74) is 15.2. The van der Waals surface area contributed by atoms with Gasteiger partial charge in [-0.15, -0.1) is 22.7 Å². The first kappa shape index (κ1) is 28.6. The zero-order valence-corrected chi connectivity index (χ0v) is 29.8. The Kier molecular flexibility index (Phi) is 6.21. The lowest BCUT2D eigenvalue weighted by Gasteiger charge is -2.37. The van der Waals surface area contributed by atoms with Crippen LogP contribution in [0.25, 0.3) is 51.5 Å². The Hall–Kier alpha value is -5.26. The van der Waals surface area contributed by atoms with Gasteiger partial charge in [-0.2, -0.15) is 0 Å². The summed E-state index contributed by atoms with van der Waals surface area (Å²) in [5.74, 6) is 0. The SMILES string of the molecule is C1=C(c2cccc3c2sc2ccccc23)C(c2cccc3c2sc2ccccc23)=C[Si]12c1ccccc1B(c1ccccc1)c1ccccc12. The lowest BCUT2D eigenvalue weighted by Crippen LogP contribution is -2.77. The van der Waals surface area contributed by atoms with Crippen LogP contribution in [0.4, 0.5) is 0 Å². The van der Waals surface area contributed by atoms with E-state index in [9.17, 15) is 0 Å². The van der Waals surface area contributed by atoms with Crippen molar-refractivity contribution < 1.29 is 0 Å². The summed E-state index contributed by atoms with van der Waals surface area (Å²) < 4.78 is 5.44. The molecule has 9 aromatic rings. The molecule has 0 amide bonds. The maximum Gasteiger partial charge on any atom is 0.240 e. The standard InChI is InChI=1S/C46H29BS2Si/c1-2-14-30(15-3-1)47-39-22-6-10-26-43(39)50(44-27-11-7-23-40(44)47)28-37(35-20-12-18-33-31-16-4-8-24-41(31)48-45(33)35)38(29-50)36-21-13-19-34-32-17-5-9-25-42(32)49-46(34)36/h1-29H. The van der Waals surface area contributed by atoms with Gasteiger partial charge in [0.05, 0.1) is 0 Å². The average Bonchev–Trinajstić information content (AvgIpc) is 3.88. The Labute approximate surface area is 300 Å². The third-order valence-corrected chi connectivity index (χ3v) is 17.6. The van der Waals surface area contributed by atoms with Crippen LogP contribution in [0.1, 0.15) is 11.1 Å². The summed E-state index contributed by atoms with van der Waals surface area (Å²) >= 11 is 3.87. The molecule has 2 aliphatic heterocycles. The molecule has 1 spiro atoms. The monoisotopic (exact) mass is 684 g/mol. The van der Waals surface area contributed by atoms with E-state index in [0.29, 0.717) is 0 Å². The van der Waals surface area contributed by atoms with Crippen LogP contribution in [0.2, 0.25) is 0 Å². The average molecular weight is 685 g/mol. The van der Waals surface area contributed by atoms with Crippen molar-refractivity contribution in [3.8, 4) is 0 Å². The highest BCUT2D eigenvalue weighted by atomic mass is 32.1. The highest BCUT2D eigenvalue weighted by Gasteiger charge is 2.48. The van der Waals surface area contributed by atoms with Gasteiger partial charge in [0.25, 0.3) is 0 Å². The molecule has 0 aliphatic carbocycles. The van der Waals surface area contributed by atoms with Crippen LogP contribution < -0.4 is 26.8 Å². The maximum absolute atomic E-state index is 2.76. The molecule has 0 nitrogen and oxygen atoms in total. The van der Waals surface area contributed by atoms with E-state index in [1.807, 2.05) is 22.7 Å². The summed E-state index contributed by atoms with van der Waals surface area (Å²) in [6, 6.07) is 61.5. The van der Waals surface area contributed by atoms with Crippen LogP contribution in [0.3, 0.4) is 0 Å². The van der Waals surface area contributed by atoms with Crippen molar-refractivity contribution in [2.45, 2.75) is 0 Å². The molecule has 4 heteroatoms. The van der Waals surface area contributed by atoms with Gasteiger partial charge in [0.15, 0.2) is 8.07 Å². The van der Waals surface area contributed by atoms with Gasteiger partial charge in [-0.05, 0) is 34.4 Å². The zero-order valence-electron chi connectivity index (χ0n) is 27.1. The van der Waals surface area contributed by atoms with Gasteiger partial charge in [0.1, 0.15) is 0 Å². The fourth-order valence-corrected chi connectivity index (χ4v) is 16.0. The van der Waals surface area contributed by atoms with Crippen LogP contribution in [0, 0.1) is 0 Å². The normalized spacial score (nSPS) is 14.8. The van der Waals surface area contributed by atoms with Gasteiger partial charge in [0, 0.05) is 40.3 Å². The zero-order chi connectivity index (χ0) is 32.8. The first-order chi connectivity index (χ1) is 24.8. The quantitative estimate of drug-likeness (QED) is 0.163. The molecule has 7 aromatic carbocycles. The Balaban J connectivity index is 1.26. The van der Waals surface area contributed by atoms with Crippen molar-refractivity contribution >= 4 is 116 Å². The van der Waals surface area contributed by atoms with E-state index in [1.165, 1.54) is 89.4 Å². The molecule has 2 aromatic heterocycles. The summed E-state index contributed by atoms with van der Waals surface area (Å²) in [6.07, 6.45) is 0. The first-order valence-electron chi connectivity index (χ1n) is 17.3. The molecule has 232 valence electrons. The summed E-state index contributed by atoms with van der Waals surface area (Å²) in [5, 5.41) is 8.39. The second-order valence-corrected chi connectivity index (χ2v) is 19.1. The Morgan fingerprint density at radius 1 is 0.380 bits per heavy atom. The van der Waals surface area contributed by atoms with Crippen LogP contribution >= 0.6 is 22.7 Å². The molecule has 2 aliphatic rings. The van der Waals surface area contributed by atoms with Gasteiger partial charge in [-0.3, -0.25) is 0 Å². The number of allylic oxidation sites excluding steroid dienone is 2. The van der Waals surface area contributed by atoms with Crippen LogP contribution in [-0.2, 0) is 0 Å². The summed E-state index contributed by atoms with van der Waals surface area (Å²) in [4.78, 5) is 0. The topological polar surface area (TPSA) is 0 Å². The Morgan fingerprint density at radius 2 is 0.820 bits per heavy atom. The molecule has 0 saturated heterocycles. The molecular weight excluding hydrogens is 656 g/mol. The maximum atomic E-state index is 2.76. The lowest BCUT2D eigenvalue weighted by molar-refractivity contribution is 1.71. The molecule has 11 rings (SSSR count). The Morgan fingerprint density at radius 3 is 1.36 bits per heavy atom. The molecule has 0 bridgehead atoms. The van der Waals surface area contributed by atoms with Crippen LogP contribution in [0.5, 0.6) is 0 Å². The highest BCUT2D eigenvalue weighted by Crippen LogP contribution is 2.48. The fourth-order valence-electron chi connectivity index (χ4n) is 8.90. The van der Waals surface area contributed by atoms with E-state index in [2.05, 4.69) is 175 Å². The number of benzene rings is 7. The summed E-state index contributed by atoms with van der Waals surface area (Å²) in [6.45, 7) is 0.202. The molecular formula is C46H29BS2Si. The third-order valence-electron chi connectivity index (χ3n) is 11.0. The second-order valence-electron chi connectivity index (χ2n) is 13.6. The predicted octanol–water partition coefficient (Wildman–Crippen LogP) is 9.07. The van der Waals surface area contributed by atoms with Gasteiger partial charge >= 0.3 is 0 Å². The van der Waals surface area contributed by atoms with Crippen molar-refractivity contribution in [2.75, 3.05) is 0 Å². The van der Waals surface area contributed by atoms with Gasteiger partial charge in [-0.25, -0.2) is 0 Å². The van der Waals surface area contributed by atoms with Crippen molar-refractivity contribution in [1.29, 1.82) is 0 Å². The number of thiophene rings is 2. The molecule has 0 N–H and O–H groups in total. The molecule has 50 heavy (non-hydrogen) atoms. The van der Waals surface area contributed by atoms with Crippen molar-refractivity contribution in [3.63, 3.8) is 0 Å². The van der Waals surface area contributed by atoms with Crippen LogP contribution in [0.15, 0.2) is 175 Å². The molecule has 0 atom stereocenters. The number of fused-ring (bicyclic) bond motifs is 10. The van der Waals surface area contributed by atoms with Crippen LogP contribution in [-0.4, -0.2) is 14.8 Å². The predicted molar refractivity (Wildman–Crippen MR) is 224 cm³/mol. The van der Waals surface area contributed by atoms with E-state index >= 15 is 0 Å². The molecule has 0 fully saturated rings. The largest absolute Gasteiger partial charge is 0.240 e. The molecule has 0 saturated carbocycles. The van der Waals surface area contributed by atoms with Crippen molar-refractivity contribution in [2.24, 2.45) is 0 Å². The third kappa shape index (κ3) is 3.98. The number of hydrogen-bond donors (Lipinski definition) is 0. The first-order valence-corrected chi connectivity index (χ1v) is 21.1. The fraction of sp³-hybridized carbons (Fsp3) is 0. The van der Waals surface area contributed by atoms with Gasteiger partial charge in [-0.1, -0.05) is 190 Å². The van der Waals surface area contributed by atoms with E-state index in [4.69, 9.17) is 0 Å². The van der Waals surface area contributed by atoms with Gasteiger partial charge in [0.2, 0.25) is 6.71 Å². The van der Waals surface area contributed by atoms with E-state index < -0.39 is 8.07 Å². The summed E-state index contributed by atoms with van der Waals surface area (Å²) in [7, 11) is -2.59. The van der Waals surface area contributed by atoms with E-state index in [-0.39, 0.29) is 6.71 Å². The number of hydrogen-bond acceptors (Lipinski definition) is 2. The minimum Gasteiger partial charge on any atom is -0.135 e. The minimum atomic E-state index is -2.59. The minimum absolute atomic E-state index is 0.202. The van der Waals surface area contributed by atoms with Gasteiger partial charge < -0.3 is 0 Å². The second kappa shape index (κ2) is 10.9. The number of rotatable bonds is 3.